The van der Waals surface area contributed by atoms with Crippen LogP contribution in [0.3, 0.4) is 0 Å². The van der Waals surface area contributed by atoms with Crippen LogP contribution in [0.1, 0.15) is 11.1 Å². The molecular formula is C17H11BrClNO3S. The number of phenolic OH excluding ortho intramolecular Hbond substituents is 1. The third-order valence-corrected chi connectivity index (χ3v) is 5.35. The number of halogens is 2. The molecule has 1 fully saturated rings. The van der Waals surface area contributed by atoms with Crippen LogP contribution < -0.4 is 0 Å². The van der Waals surface area contributed by atoms with Crippen molar-refractivity contribution in [2.45, 2.75) is 6.54 Å². The van der Waals surface area contributed by atoms with Crippen LogP contribution in [0.4, 0.5) is 4.79 Å². The molecule has 0 aromatic heterocycles. The molecule has 0 saturated carbocycles. The Bertz CT molecular complexity index is 869. The van der Waals surface area contributed by atoms with Crippen LogP contribution in [0.25, 0.3) is 6.08 Å². The lowest BCUT2D eigenvalue weighted by molar-refractivity contribution is -0.123. The van der Waals surface area contributed by atoms with Crippen LogP contribution in [0.15, 0.2) is 51.8 Å². The van der Waals surface area contributed by atoms with Gasteiger partial charge >= 0.3 is 0 Å². The molecule has 2 aromatic carbocycles. The van der Waals surface area contributed by atoms with Crippen molar-refractivity contribution in [3.63, 3.8) is 0 Å². The van der Waals surface area contributed by atoms with Crippen molar-refractivity contribution in [3.8, 4) is 5.75 Å². The van der Waals surface area contributed by atoms with Crippen LogP contribution in [0, 0.1) is 0 Å². The quantitative estimate of drug-likeness (QED) is 0.701. The molecule has 7 heteroatoms. The number of hydrogen-bond donors (Lipinski definition) is 1. The Morgan fingerprint density at radius 1 is 1.21 bits per heavy atom. The summed E-state index contributed by atoms with van der Waals surface area (Å²) in [6.45, 7) is 0.185. The molecule has 0 atom stereocenters. The maximum absolute atomic E-state index is 12.5. The number of aromatic hydroxyl groups is 1. The highest BCUT2D eigenvalue weighted by atomic mass is 79.9. The first-order valence-electron chi connectivity index (χ1n) is 6.93. The lowest BCUT2D eigenvalue weighted by atomic mass is 10.1. The predicted molar refractivity (Wildman–Crippen MR) is 98.8 cm³/mol. The maximum atomic E-state index is 12.5. The summed E-state index contributed by atoms with van der Waals surface area (Å²) >= 11 is 10.2. The van der Waals surface area contributed by atoms with Gasteiger partial charge in [-0.3, -0.25) is 14.5 Å². The Labute approximate surface area is 156 Å². The Hall–Kier alpha value is -1.76. The van der Waals surface area contributed by atoms with Crippen molar-refractivity contribution >= 4 is 56.5 Å². The summed E-state index contributed by atoms with van der Waals surface area (Å²) in [5, 5.41) is 9.95. The van der Waals surface area contributed by atoms with Gasteiger partial charge in [0, 0.05) is 15.1 Å². The average Bonchev–Trinajstić information content (AvgIpc) is 2.80. The summed E-state index contributed by atoms with van der Waals surface area (Å²) < 4.78 is 0.834. The molecule has 0 spiro atoms. The molecule has 1 aliphatic rings. The van der Waals surface area contributed by atoms with E-state index in [0.29, 0.717) is 10.6 Å². The lowest BCUT2D eigenvalue weighted by Crippen LogP contribution is -2.27. The second-order valence-corrected chi connectivity index (χ2v) is 7.35. The van der Waals surface area contributed by atoms with Crippen LogP contribution >= 0.6 is 39.3 Å². The van der Waals surface area contributed by atoms with Crippen molar-refractivity contribution < 1.29 is 14.7 Å². The molecule has 1 aliphatic heterocycles. The van der Waals surface area contributed by atoms with Gasteiger partial charge in [-0.2, -0.15) is 0 Å². The molecule has 0 aliphatic carbocycles. The fourth-order valence-corrected chi connectivity index (χ4v) is 3.64. The Kier molecular flexibility index (Phi) is 4.99. The second kappa shape index (κ2) is 7.01. The van der Waals surface area contributed by atoms with Gasteiger partial charge in [0.15, 0.2) is 0 Å². The van der Waals surface area contributed by atoms with Crippen molar-refractivity contribution in [3.05, 3.63) is 68.0 Å². The molecule has 24 heavy (non-hydrogen) atoms. The molecule has 0 bridgehead atoms. The minimum atomic E-state index is -0.389. The topological polar surface area (TPSA) is 57.6 Å². The van der Waals surface area contributed by atoms with Gasteiger partial charge < -0.3 is 5.11 Å². The Morgan fingerprint density at radius 2 is 1.96 bits per heavy atom. The SMILES string of the molecule is O=C1S/C(=C\c2cc(Cl)ccc2O)C(=O)N1Cc1ccccc1Br. The number of phenols is 1. The minimum Gasteiger partial charge on any atom is -0.507 e. The van der Waals surface area contributed by atoms with Gasteiger partial charge in [-0.25, -0.2) is 0 Å². The van der Waals surface area contributed by atoms with E-state index in [-0.39, 0.29) is 28.3 Å². The maximum Gasteiger partial charge on any atom is 0.293 e. The summed E-state index contributed by atoms with van der Waals surface area (Å²) in [6, 6.07) is 11.9. The zero-order valence-electron chi connectivity index (χ0n) is 12.2. The smallest absolute Gasteiger partial charge is 0.293 e. The zero-order valence-corrected chi connectivity index (χ0v) is 15.4. The van der Waals surface area contributed by atoms with E-state index in [2.05, 4.69) is 15.9 Å². The first-order chi connectivity index (χ1) is 11.5. The standard InChI is InChI=1S/C17H11BrClNO3S/c18-13-4-2-1-3-10(13)9-20-16(22)15(24-17(20)23)8-11-7-12(19)5-6-14(11)21/h1-8,21H,9H2/b15-8-. The highest BCUT2D eigenvalue weighted by molar-refractivity contribution is 9.10. The number of imide groups is 1. The summed E-state index contributed by atoms with van der Waals surface area (Å²) in [6.07, 6.45) is 1.48. The lowest BCUT2D eigenvalue weighted by Gasteiger charge is -2.13. The van der Waals surface area contributed by atoms with Crippen molar-refractivity contribution in [1.82, 2.24) is 4.90 Å². The average molecular weight is 425 g/mol. The predicted octanol–water partition coefficient (Wildman–Crippen LogP) is 5.04. The highest BCUT2D eigenvalue weighted by Gasteiger charge is 2.35. The minimum absolute atomic E-state index is 0.00278. The largest absolute Gasteiger partial charge is 0.507 e. The molecule has 2 amide bonds. The summed E-state index contributed by atoms with van der Waals surface area (Å²) in [4.78, 5) is 26.1. The third kappa shape index (κ3) is 3.50. The van der Waals surface area contributed by atoms with E-state index in [1.54, 1.807) is 12.1 Å². The number of rotatable bonds is 3. The van der Waals surface area contributed by atoms with Gasteiger partial charge in [0.05, 0.1) is 11.4 Å². The summed E-state index contributed by atoms with van der Waals surface area (Å²) in [5.41, 5.74) is 1.24. The van der Waals surface area contributed by atoms with Crippen LogP contribution in [0.5, 0.6) is 5.75 Å². The van der Waals surface area contributed by atoms with Crippen molar-refractivity contribution in [2.24, 2.45) is 0 Å². The van der Waals surface area contributed by atoms with Gasteiger partial charge in [-0.15, -0.1) is 0 Å². The molecule has 0 radical (unpaired) electrons. The van der Waals surface area contributed by atoms with Crippen LogP contribution in [-0.2, 0) is 11.3 Å². The van der Waals surface area contributed by atoms with E-state index >= 15 is 0 Å². The van der Waals surface area contributed by atoms with Crippen LogP contribution in [-0.4, -0.2) is 21.2 Å². The zero-order chi connectivity index (χ0) is 17.3. The van der Waals surface area contributed by atoms with E-state index in [4.69, 9.17) is 11.6 Å². The van der Waals surface area contributed by atoms with E-state index in [1.807, 2.05) is 24.3 Å². The number of amides is 2. The molecular weight excluding hydrogens is 414 g/mol. The number of carbonyl (C=O) groups excluding carboxylic acids is 2. The summed E-state index contributed by atoms with van der Waals surface area (Å²) in [7, 11) is 0. The number of carbonyl (C=O) groups is 2. The second-order valence-electron chi connectivity index (χ2n) is 5.06. The molecule has 1 saturated heterocycles. The van der Waals surface area contributed by atoms with Crippen molar-refractivity contribution in [1.29, 1.82) is 0 Å². The first-order valence-corrected chi connectivity index (χ1v) is 8.92. The van der Waals surface area contributed by atoms with Gasteiger partial charge in [0.2, 0.25) is 0 Å². The molecule has 3 rings (SSSR count). The Balaban J connectivity index is 1.88. The summed E-state index contributed by atoms with van der Waals surface area (Å²) in [5.74, 6) is -0.392. The number of hydrogen-bond acceptors (Lipinski definition) is 4. The fourth-order valence-electron chi connectivity index (χ4n) is 2.22. The monoisotopic (exact) mass is 423 g/mol. The van der Waals surface area contributed by atoms with E-state index in [1.165, 1.54) is 17.0 Å². The normalized spacial score (nSPS) is 16.2. The fraction of sp³-hybridized carbons (Fsp3) is 0.0588. The van der Waals surface area contributed by atoms with Gasteiger partial charge in [-0.1, -0.05) is 45.7 Å². The molecule has 1 N–H and O–H groups in total. The molecule has 122 valence electrons. The van der Waals surface area contributed by atoms with Gasteiger partial charge in [-0.05, 0) is 47.7 Å². The Morgan fingerprint density at radius 3 is 2.71 bits per heavy atom. The van der Waals surface area contributed by atoms with E-state index in [0.717, 1.165) is 21.8 Å². The number of thioether (sulfide) groups is 1. The van der Waals surface area contributed by atoms with Crippen molar-refractivity contribution in [2.75, 3.05) is 0 Å². The van der Waals surface area contributed by atoms with E-state index in [9.17, 15) is 14.7 Å². The highest BCUT2D eigenvalue weighted by Crippen LogP contribution is 2.35. The molecule has 0 unspecified atom stereocenters. The molecule has 4 nitrogen and oxygen atoms in total. The first kappa shape index (κ1) is 17.1. The number of benzene rings is 2. The third-order valence-electron chi connectivity index (χ3n) is 3.44. The van der Waals surface area contributed by atoms with Crippen LogP contribution in [0.2, 0.25) is 5.02 Å². The molecule has 2 aromatic rings. The van der Waals surface area contributed by atoms with Gasteiger partial charge in [0.25, 0.3) is 11.1 Å². The van der Waals surface area contributed by atoms with Gasteiger partial charge in [0.1, 0.15) is 5.75 Å². The number of nitrogens with zero attached hydrogens (tertiary/aromatic N) is 1. The molecule has 1 heterocycles. The van der Waals surface area contributed by atoms with E-state index < -0.39 is 0 Å².